The van der Waals surface area contributed by atoms with Gasteiger partial charge in [0.1, 0.15) is 5.82 Å². The lowest BCUT2D eigenvalue weighted by atomic mass is 10.1. The number of nitrogen functional groups attached to an aromatic ring is 1. The Kier molecular flexibility index (Phi) is 3.84. The van der Waals surface area contributed by atoms with Gasteiger partial charge in [-0.25, -0.2) is 0 Å². The topological polar surface area (TPSA) is 97.4 Å². The van der Waals surface area contributed by atoms with Gasteiger partial charge < -0.3 is 10.6 Å². The molecule has 7 nitrogen and oxygen atoms in total. The van der Waals surface area contributed by atoms with Crippen LogP contribution < -0.4 is 21.5 Å². The molecule has 1 aliphatic heterocycles. The van der Waals surface area contributed by atoms with Crippen molar-refractivity contribution >= 4 is 23.3 Å². The lowest BCUT2D eigenvalue weighted by Crippen LogP contribution is -2.24. The number of carbonyl (C=O) groups excluding carboxylic acids is 2. The molecule has 2 heterocycles. The second kappa shape index (κ2) is 5.84. The highest BCUT2D eigenvalue weighted by molar-refractivity contribution is 6.23. The van der Waals surface area contributed by atoms with Gasteiger partial charge in [0, 0.05) is 24.8 Å². The molecule has 0 fully saturated rings. The first kappa shape index (κ1) is 15.8. The first-order valence-electron chi connectivity index (χ1n) is 7.74. The Bertz CT molecular complexity index is 880. The minimum absolute atomic E-state index is 0.0264. The zero-order valence-corrected chi connectivity index (χ0v) is 13.5. The average molecular weight is 326 g/mol. The van der Waals surface area contributed by atoms with Crippen molar-refractivity contribution in [2.45, 2.75) is 13.8 Å². The monoisotopic (exact) mass is 326 g/mol. The molecule has 0 aliphatic carbocycles. The zero-order chi connectivity index (χ0) is 17.4. The Hall–Kier alpha value is -3.09. The maximum atomic E-state index is 12.4. The first-order chi connectivity index (χ1) is 11.5. The molecule has 0 bridgehead atoms. The molecule has 124 valence electrons. The Morgan fingerprint density at radius 2 is 1.67 bits per heavy atom. The fraction of sp³-hybridized carbons (Fsp3) is 0.235. The SMILES string of the molecule is CCN(CC)c1ccc(-n2c(N)c3c(cc2=O)C(=O)NC3=O)cc1. The van der Waals surface area contributed by atoms with Crippen LogP contribution in [0.2, 0.25) is 0 Å². The summed E-state index contributed by atoms with van der Waals surface area (Å²) in [4.78, 5) is 38.1. The Morgan fingerprint density at radius 3 is 2.25 bits per heavy atom. The van der Waals surface area contributed by atoms with E-state index < -0.39 is 17.4 Å². The molecule has 0 spiro atoms. The van der Waals surface area contributed by atoms with E-state index in [0.717, 1.165) is 24.8 Å². The highest BCUT2D eigenvalue weighted by Gasteiger charge is 2.31. The van der Waals surface area contributed by atoms with E-state index in [-0.39, 0.29) is 16.9 Å². The standard InChI is InChI=1S/C17H18N4O3/c1-3-20(4-2)10-5-7-11(8-6-10)21-13(22)9-12-14(15(21)18)17(24)19-16(12)23/h5-9H,3-4,18H2,1-2H3,(H,19,23,24). The number of imide groups is 1. The second-order valence-corrected chi connectivity index (χ2v) is 5.46. The summed E-state index contributed by atoms with van der Waals surface area (Å²) in [5.74, 6) is -1.21. The van der Waals surface area contributed by atoms with E-state index in [1.54, 1.807) is 12.1 Å². The number of benzene rings is 1. The van der Waals surface area contributed by atoms with Gasteiger partial charge in [-0.05, 0) is 38.1 Å². The number of nitrogens with zero attached hydrogens (tertiary/aromatic N) is 2. The van der Waals surface area contributed by atoms with Gasteiger partial charge >= 0.3 is 0 Å². The van der Waals surface area contributed by atoms with Crippen molar-refractivity contribution in [2.75, 3.05) is 23.7 Å². The van der Waals surface area contributed by atoms with Crippen LogP contribution in [-0.2, 0) is 0 Å². The molecule has 0 atom stereocenters. The number of nitrogens with two attached hydrogens (primary N) is 1. The molecule has 24 heavy (non-hydrogen) atoms. The molecule has 0 saturated heterocycles. The number of nitrogens with one attached hydrogen (secondary N) is 1. The summed E-state index contributed by atoms with van der Waals surface area (Å²) < 4.78 is 1.24. The molecule has 0 radical (unpaired) electrons. The minimum atomic E-state index is -0.595. The number of hydrogen-bond acceptors (Lipinski definition) is 5. The van der Waals surface area contributed by atoms with Gasteiger partial charge in [-0.2, -0.15) is 0 Å². The van der Waals surface area contributed by atoms with Crippen molar-refractivity contribution in [2.24, 2.45) is 0 Å². The maximum Gasteiger partial charge on any atom is 0.262 e. The highest BCUT2D eigenvalue weighted by Crippen LogP contribution is 2.24. The van der Waals surface area contributed by atoms with Crippen LogP contribution in [0.1, 0.15) is 34.6 Å². The van der Waals surface area contributed by atoms with E-state index >= 15 is 0 Å². The van der Waals surface area contributed by atoms with E-state index in [9.17, 15) is 14.4 Å². The Balaban J connectivity index is 2.11. The van der Waals surface area contributed by atoms with Gasteiger partial charge in [0.15, 0.2) is 0 Å². The van der Waals surface area contributed by atoms with E-state index in [1.807, 2.05) is 12.1 Å². The molecule has 1 aromatic carbocycles. The van der Waals surface area contributed by atoms with E-state index in [2.05, 4.69) is 24.1 Å². The van der Waals surface area contributed by atoms with Crippen molar-refractivity contribution < 1.29 is 9.59 Å². The molecule has 2 amide bonds. The zero-order valence-electron chi connectivity index (χ0n) is 13.5. The average Bonchev–Trinajstić information content (AvgIpc) is 2.84. The van der Waals surface area contributed by atoms with Crippen molar-refractivity contribution in [3.8, 4) is 5.69 Å². The second-order valence-electron chi connectivity index (χ2n) is 5.46. The van der Waals surface area contributed by atoms with E-state index in [4.69, 9.17) is 5.73 Å². The van der Waals surface area contributed by atoms with Crippen LogP contribution in [0.4, 0.5) is 11.5 Å². The van der Waals surface area contributed by atoms with Crippen LogP contribution in [0.15, 0.2) is 35.1 Å². The number of anilines is 2. The predicted octanol–water partition coefficient (Wildman–Crippen LogP) is 1.15. The number of fused-ring (bicyclic) bond motifs is 1. The molecule has 2 aromatic rings. The molecule has 3 rings (SSSR count). The summed E-state index contributed by atoms with van der Waals surface area (Å²) in [5, 5.41) is 2.15. The molecule has 1 aliphatic rings. The molecule has 3 N–H and O–H groups in total. The highest BCUT2D eigenvalue weighted by atomic mass is 16.2. The van der Waals surface area contributed by atoms with Crippen molar-refractivity contribution in [1.82, 2.24) is 9.88 Å². The van der Waals surface area contributed by atoms with Crippen LogP contribution in [0.5, 0.6) is 0 Å². The maximum absolute atomic E-state index is 12.4. The summed E-state index contributed by atoms with van der Waals surface area (Å²) in [5.41, 5.74) is 7.21. The third-order valence-electron chi connectivity index (χ3n) is 4.19. The third kappa shape index (κ3) is 2.34. The van der Waals surface area contributed by atoms with Gasteiger partial charge in [-0.3, -0.25) is 24.3 Å². The fourth-order valence-electron chi connectivity index (χ4n) is 2.95. The lowest BCUT2D eigenvalue weighted by molar-refractivity contribution is 0.0880. The fourth-order valence-corrected chi connectivity index (χ4v) is 2.95. The number of rotatable bonds is 4. The van der Waals surface area contributed by atoms with Crippen LogP contribution in [-0.4, -0.2) is 29.5 Å². The molecular formula is C17H18N4O3. The van der Waals surface area contributed by atoms with Crippen molar-refractivity contribution in [3.63, 3.8) is 0 Å². The summed E-state index contributed by atoms with van der Waals surface area (Å²) in [6, 6.07) is 8.47. The number of carbonyl (C=O) groups is 2. The number of pyridine rings is 1. The predicted molar refractivity (Wildman–Crippen MR) is 91.8 cm³/mol. The van der Waals surface area contributed by atoms with E-state index in [0.29, 0.717) is 5.69 Å². The molecule has 7 heteroatoms. The summed E-state index contributed by atoms with van der Waals surface area (Å²) >= 11 is 0. The minimum Gasteiger partial charge on any atom is -0.384 e. The van der Waals surface area contributed by atoms with Gasteiger partial charge in [0.25, 0.3) is 17.4 Å². The van der Waals surface area contributed by atoms with Crippen molar-refractivity contribution in [3.05, 3.63) is 51.8 Å². The molecule has 0 saturated carbocycles. The Labute approximate surface area is 138 Å². The number of amides is 2. The third-order valence-corrected chi connectivity index (χ3v) is 4.19. The summed E-state index contributed by atoms with van der Waals surface area (Å²) in [6.07, 6.45) is 0. The number of aromatic nitrogens is 1. The van der Waals surface area contributed by atoms with Gasteiger partial charge in [0.05, 0.1) is 16.8 Å². The van der Waals surface area contributed by atoms with E-state index in [1.165, 1.54) is 4.57 Å². The van der Waals surface area contributed by atoms with Crippen LogP contribution in [0.3, 0.4) is 0 Å². The van der Waals surface area contributed by atoms with Gasteiger partial charge in [-0.1, -0.05) is 0 Å². The summed E-state index contributed by atoms with van der Waals surface area (Å²) in [7, 11) is 0. The van der Waals surface area contributed by atoms with Crippen LogP contribution in [0.25, 0.3) is 5.69 Å². The summed E-state index contributed by atoms with van der Waals surface area (Å²) in [6.45, 7) is 5.88. The first-order valence-corrected chi connectivity index (χ1v) is 7.74. The molecule has 0 unspecified atom stereocenters. The normalized spacial score (nSPS) is 12.9. The largest absolute Gasteiger partial charge is 0.384 e. The van der Waals surface area contributed by atoms with Crippen molar-refractivity contribution in [1.29, 1.82) is 0 Å². The Morgan fingerprint density at radius 1 is 1.04 bits per heavy atom. The number of hydrogen-bond donors (Lipinski definition) is 2. The quantitative estimate of drug-likeness (QED) is 0.822. The smallest absolute Gasteiger partial charge is 0.262 e. The van der Waals surface area contributed by atoms with Gasteiger partial charge in [0.2, 0.25) is 0 Å². The van der Waals surface area contributed by atoms with Crippen LogP contribution >= 0.6 is 0 Å². The molecular weight excluding hydrogens is 308 g/mol. The van der Waals surface area contributed by atoms with Crippen LogP contribution in [0, 0.1) is 0 Å². The molecule has 1 aromatic heterocycles. The lowest BCUT2D eigenvalue weighted by Gasteiger charge is -2.21. The van der Waals surface area contributed by atoms with Gasteiger partial charge in [-0.15, -0.1) is 0 Å².